The predicted octanol–water partition coefficient (Wildman–Crippen LogP) is 2.59. The molecule has 7 nitrogen and oxygen atoms in total. The van der Waals surface area contributed by atoms with Gasteiger partial charge in [0.1, 0.15) is 12.4 Å². The van der Waals surface area contributed by atoms with Crippen molar-refractivity contribution in [3.63, 3.8) is 0 Å². The zero-order chi connectivity index (χ0) is 19.5. The van der Waals surface area contributed by atoms with Crippen LogP contribution in [0.15, 0.2) is 34.6 Å². The van der Waals surface area contributed by atoms with Gasteiger partial charge in [0.05, 0.1) is 17.2 Å². The number of amides is 1. The molecule has 8 heteroatoms. The molecule has 2 aromatic rings. The number of hydrogen-bond donors (Lipinski definition) is 3. The van der Waals surface area contributed by atoms with Gasteiger partial charge in [0.25, 0.3) is 0 Å². The molecule has 0 atom stereocenters. The van der Waals surface area contributed by atoms with Crippen molar-refractivity contribution in [3.8, 4) is 5.75 Å². The molecule has 2 rings (SSSR count). The zero-order valence-corrected chi connectivity index (χ0v) is 16.9. The fraction of sp³-hybridized carbons (Fsp3) is 0.421. The number of rotatable bonds is 9. The molecule has 27 heavy (non-hydrogen) atoms. The van der Waals surface area contributed by atoms with Crippen molar-refractivity contribution in [3.05, 3.63) is 40.3 Å². The number of carbonyl (C=O) groups excluding carboxylic acids is 1. The Labute approximate surface area is 164 Å². The summed E-state index contributed by atoms with van der Waals surface area (Å²) in [5.41, 5.74) is 1.81. The molecule has 0 saturated carbocycles. The van der Waals surface area contributed by atoms with E-state index in [0.29, 0.717) is 25.4 Å². The maximum absolute atomic E-state index is 11.1. The summed E-state index contributed by atoms with van der Waals surface area (Å²) in [5.74, 6) is 1.37. The van der Waals surface area contributed by atoms with Gasteiger partial charge in [-0.2, -0.15) is 0 Å². The van der Waals surface area contributed by atoms with Crippen LogP contribution in [0, 0.1) is 6.92 Å². The Kier molecular flexibility index (Phi) is 8.57. The normalized spacial score (nSPS) is 11.1. The number of ether oxygens (including phenoxy) is 1. The lowest BCUT2D eigenvalue weighted by atomic mass is 10.3. The molecule has 0 unspecified atom stereocenters. The van der Waals surface area contributed by atoms with Gasteiger partial charge in [-0.25, -0.2) is 4.98 Å². The number of carbonyl (C=O) groups is 1. The molecule has 0 aliphatic carbocycles. The maximum atomic E-state index is 11.1. The first-order valence-corrected chi connectivity index (χ1v) is 9.88. The van der Waals surface area contributed by atoms with Gasteiger partial charge >= 0.3 is 0 Å². The minimum atomic E-state index is -0.104. The van der Waals surface area contributed by atoms with Crippen molar-refractivity contribution in [2.75, 3.05) is 31.6 Å². The zero-order valence-electron chi connectivity index (χ0n) is 16.0. The van der Waals surface area contributed by atoms with E-state index in [2.05, 4.69) is 31.3 Å². The first kappa shape index (κ1) is 20.7. The Bertz CT molecular complexity index is 760. The smallest absolute Gasteiger partial charge is 0.221 e. The minimum Gasteiger partial charge on any atom is -0.492 e. The van der Waals surface area contributed by atoms with Crippen LogP contribution in [0.2, 0.25) is 0 Å². The van der Waals surface area contributed by atoms with Crippen LogP contribution in [0.5, 0.6) is 5.75 Å². The Morgan fingerprint density at radius 1 is 1.33 bits per heavy atom. The van der Waals surface area contributed by atoms with Crippen LogP contribution in [-0.4, -0.2) is 43.1 Å². The Balaban J connectivity index is 1.75. The number of benzene rings is 1. The van der Waals surface area contributed by atoms with E-state index in [-0.39, 0.29) is 5.91 Å². The third-order valence-corrected chi connectivity index (χ3v) is 4.29. The number of aryl methyl sites for hydroxylation is 1. The number of aliphatic imine (C=N–C) groups is 1. The summed E-state index contributed by atoms with van der Waals surface area (Å²) in [6, 6.07) is 7.34. The number of hydrogen-bond acceptors (Lipinski definition) is 5. The highest BCUT2D eigenvalue weighted by Crippen LogP contribution is 2.17. The van der Waals surface area contributed by atoms with Crippen LogP contribution in [0.3, 0.4) is 0 Å². The highest BCUT2D eigenvalue weighted by molar-refractivity contribution is 7.09. The fourth-order valence-corrected chi connectivity index (χ4v) is 3.00. The SMILES string of the molecule is CCNC(=NCCc1csc(C)n1)NCCOc1cccc(NC(C)=O)c1. The highest BCUT2D eigenvalue weighted by atomic mass is 32.1. The number of aromatic nitrogens is 1. The quantitative estimate of drug-likeness (QED) is 0.349. The molecule has 1 aromatic carbocycles. The second kappa shape index (κ2) is 11.2. The van der Waals surface area contributed by atoms with Crippen LogP contribution in [0.1, 0.15) is 24.5 Å². The van der Waals surface area contributed by atoms with Gasteiger partial charge in [0, 0.05) is 43.6 Å². The van der Waals surface area contributed by atoms with Crippen LogP contribution < -0.4 is 20.7 Å². The summed E-state index contributed by atoms with van der Waals surface area (Å²) < 4.78 is 5.73. The number of anilines is 1. The monoisotopic (exact) mass is 389 g/mol. The molecule has 3 N–H and O–H groups in total. The summed E-state index contributed by atoms with van der Waals surface area (Å²) in [4.78, 5) is 20.1. The van der Waals surface area contributed by atoms with Crippen molar-refractivity contribution < 1.29 is 9.53 Å². The van der Waals surface area contributed by atoms with Gasteiger partial charge in [-0.05, 0) is 26.0 Å². The third kappa shape index (κ3) is 8.08. The summed E-state index contributed by atoms with van der Waals surface area (Å²) in [6.07, 6.45) is 0.827. The molecular formula is C19H27N5O2S. The van der Waals surface area contributed by atoms with E-state index in [1.54, 1.807) is 17.4 Å². The van der Waals surface area contributed by atoms with E-state index in [9.17, 15) is 4.79 Å². The second-order valence-electron chi connectivity index (χ2n) is 5.85. The summed E-state index contributed by atoms with van der Waals surface area (Å²) >= 11 is 1.66. The van der Waals surface area contributed by atoms with E-state index in [1.807, 2.05) is 32.0 Å². The van der Waals surface area contributed by atoms with E-state index in [4.69, 9.17) is 4.74 Å². The topological polar surface area (TPSA) is 87.6 Å². The van der Waals surface area contributed by atoms with Gasteiger partial charge in [0.2, 0.25) is 5.91 Å². The summed E-state index contributed by atoms with van der Waals surface area (Å²) in [6.45, 7) is 8.10. The summed E-state index contributed by atoms with van der Waals surface area (Å²) in [7, 11) is 0. The fourth-order valence-electron chi connectivity index (χ4n) is 2.35. The lowest BCUT2D eigenvalue weighted by Crippen LogP contribution is -2.39. The van der Waals surface area contributed by atoms with Crippen molar-refractivity contribution in [1.82, 2.24) is 15.6 Å². The average Bonchev–Trinajstić information content (AvgIpc) is 3.03. The molecule has 0 fully saturated rings. The minimum absolute atomic E-state index is 0.104. The molecule has 0 bridgehead atoms. The first-order valence-electron chi connectivity index (χ1n) is 9.00. The lowest BCUT2D eigenvalue weighted by molar-refractivity contribution is -0.114. The Hall–Kier alpha value is -2.61. The standard InChI is InChI=1S/C19H27N5O2S/c1-4-20-19(21-9-8-17-13-27-15(3)24-17)22-10-11-26-18-7-5-6-16(12-18)23-14(2)25/h5-7,12-13H,4,8-11H2,1-3H3,(H,23,25)(H2,20,21,22). The van der Waals surface area contributed by atoms with Crippen molar-refractivity contribution in [1.29, 1.82) is 0 Å². The van der Waals surface area contributed by atoms with E-state index in [1.165, 1.54) is 6.92 Å². The van der Waals surface area contributed by atoms with E-state index < -0.39 is 0 Å². The molecule has 0 saturated heterocycles. The molecule has 0 aliphatic rings. The van der Waals surface area contributed by atoms with Gasteiger partial charge < -0.3 is 20.7 Å². The van der Waals surface area contributed by atoms with E-state index >= 15 is 0 Å². The molecule has 1 heterocycles. The number of guanidine groups is 1. The molecular weight excluding hydrogens is 362 g/mol. The van der Waals surface area contributed by atoms with Gasteiger partial charge in [-0.15, -0.1) is 11.3 Å². The Morgan fingerprint density at radius 3 is 2.89 bits per heavy atom. The van der Waals surface area contributed by atoms with Gasteiger partial charge in [-0.1, -0.05) is 6.07 Å². The van der Waals surface area contributed by atoms with Crippen molar-refractivity contribution in [2.45, 2.75) is 27.2 Å². The number of thiazole rings is 1. The molecule has 0 spiro atoms. The predicted molar refractivity (Wildman–Crippen MR) is 111 cm³/mol. The highest BCUT2D eigenvalue weighted by Gasteiger charge is 2.01. The molecule has 1 aromatic heterocycles. The molecule has 146 valence electrons. The number of nitrogens with one attached hydrogen (secondary N) is 3. The number of nitrogens with zero attached hydrogens (tertiary/aromatic N) is 2. The largest absolute Gasteiger partial charge is 0.492 e. The average molecular weight is 390 g/mol. The molecule has 0 aliphatic heterocycles. The third-order valence-electron chi connectivity index (χ3n) is 3.47. The lowest BCUT2D eigenvalue weighted by Gasteiger charge is -2.12. The van der Waals surface area contributed by atoms with Gasteiger partial charge in [0.15, 0.2) is 5.96 Å². The molecule has 0 radical (unpaired) electrons. The molecule has 1 amide bonds. The van der Waals surface area contributed by atoms with Gasteiger partial charge in [-0.3, -0.25) is 9.79 Å². The Morgan fingerprint density at radius 2 is 2.19 bits per heavy atom. The van der Waals surface area contributed by atoms with Crippen molar-refractivity contribution >= 4 is 28.9 Å². The van der Waals surface area contributed by atoms with Crippen LogP contribution in [0.4, 0.5) is 5.69 Å². The maximum Gasteiger partial charge on any atom is 0.221 e. The summed E-state index contributed by atoms with van der Waals surface area (Å²) in [5, 5.41) is 12.4. The van der Waals surface area contributed by atoms with E-state index in [0.717, 1.165) is 35.3 Å². The first-order chi connectivity index (χ1) is 13.1. The van der Waals surface area contributed by atoms with Crippen LogP contribution in [0.25, 0.3) is 0 Å². The van der Waals surface area contributed by atoms with Crippen LogP contribution in [-0.2, 0) is 11.2 Å². The van der Waals surface area contributed by atoms with Crippen LogP contribution >= 0.6 is 11.3 Å². The van der Waals surface area contributed by atoms with Crippen molar-refractivity contribution in [2.24, 2.45) is 4.99 Å². The second-order valence-corrected chi connectivity index (χ2v) is 6.92.